The number of hydrogen-bond donors (Lipinski definition) is 2. The lowest BCUT2D eigenvalue weighted by molar-refractivity contribution is -0.146. The fraction of sp³-hybridized carbons (Fsp3) is 0.636. The van der Waals surface area contributed by atoms with Gasteiger partial charge in [0.15, 0.2) is 0 Å². The first-order valence-electron chi connectivity index (χ1n) is 5.60. The molecule has 0 saturated heterocycles. The number of carboxylic acid groups (broad SMARTS) is 1. The minimum absolute atomic E-state index is 0.559. The Labute approximate surface area is 98.7 Å². The van der Waals surface area contributed by atoms with Crippen molar-refractivity contribution in [3.63, 3.8) is 0 Å². The molecule has 2 N–H and O–H groups in total. The van der Waals surface area contributed by atoms with Gasteiger partial charge in [0.1, 0.15) is 10.5 Å². The molecule has 0 unspecified atom stereocenters. The number of carboxylic acids is 1. The summed E-state index contributed by atoms with van der Waals surface area (Å²) in [5, 5.41) is 15.4. The summed E-state index contributed by atoms with van der Waals surface area (Å²) in [6.07, 6.45) is 6.35. The van der Waals surface area contributed by atoms with Crippen molar-refractivity contribution in [2.75, 3.05) is 0 Å². The highest BCUT2D eigenvalue weighted by Gasteiger charge is 2.39. The van der Waals surface area contributed by atoms with Gasteiger partial charge >= 0.3 is 5.97 Å². The predicted molar refractivity (Wildman–Crippen MR) is 62.4 cm³/mol. The third kappa shape index (κ3) is 2.41. The number of nitrogens with zero attached hydrogens (tertiary/aromatic N) is 1. The average molecular weight is 240 g/mol. The Balaban J connectivity index is 2.00. The number of aromatic nitrogens is 1. The zero-order valence-corrected chi connectivity index (χ0v) is 9.92. The molecular weight excluding hydrogens is 224 g/mol. The highest BCUT2D eigenvalue weighted by atomic mass is 32.1. The molecule has 0 aliphatic heterocycles. The quantitative estimate of drug-likeness (QED) is 0.845. The van der Waals surface area contributed by atoms with E-state index in [2.05, 4.69) is 10.3 Å². The Bertz CT molecular complexity index is 345. The molecule has 0 atom stereocenters. The summed E-state index contributed by atoms with van der Waals surface area (Å²) < 4.78 is 0. The van der Waals surface area contributed by atoms with Gasteiger partial charge in [0, 0.05) is 18.1 Å². The second-order valence-electron chi connectivity index (χ2n) is 4.23. The van der Waals surface area contributed by atoms with Crippen molar-refractivity contribution in [3.8, 4) is 0 Å². The summed E-state index contributed by atoms with van der Waals surface area (Å²) in [6, 6.07) is 0. The maximum atomic E-state index is 11.4. The molecule has 1 heterocycles. The summed E-state index contributed by atoms with van der Waals surface area (Å²) in [5.41, 5.74) is -0.718. The molecular formula is C11H16N2O2S. The Morgan fingerprint density at radius 3 is 2.81 bits per heavy atom. The largest absolute Gasteiger partial charge is 0.480 e. The van der Waals surface area contributed by atoms with E-state index in [0.29, 0.717) is 6.54 Å². The number of rotatable bonds is 4. The van der Waals surface area contributed by atoms with Gasteiger partial charge in [-0.1, -0.05) is 19.3 Å². The lowest BCUT2D eigenvalue weighted by atomic mass is 9.82. The molecule has 4 nitrogen and oxygen atoms in total. The van der Waals surface area contributed by atoms with E-state index >= 15 is 0 Å². The van der Waals surface area contributed by atoms with Crippen LogP contribution in [-0.2, 0) is 11.3 Å². The van der Waals surface area contributed by atoms with Gasteiger partial charge in [-0.05, 0) is 12.8 Å². The van der Waals surface area contributed by atoms with Crippen molar-refractivity contribution in [1.82, 2.24) is 10.3 Å². The molecule has 5 heteroatoms. The van der Waals surface area contributed by atoms with Gasteiger partial charge in [-0.15, -0.1) is 11.3 Å². The van der Waals surface area contributed by atoms with Crippen LogP contribution in [0.2, 0.25) is 0 Å². The number of aliphatic carboxylic acids is 1. The predicted octanol–water partition coefficient (Wildman–Crippen LogP) is 2.02. The van der Waals surface area contributed by atoms with Gasteiger partial charge in [-0.25, -0.2) is 4.98 Å². The lowest BCUT2D eigenvalue weighted by Crippen LogP contribution is -2.52. The highest BCUT2D eigenvalue weighted by Crippen LogP contribution is 2.28. The van der Waals surface area contributed by atoms with Crippen molar-refractivity contribution in [3.05, 3.63) is 16.6 Å². The van der Waals surface area contributed by atoms with E-state index in [0.717, 1.165) is 37.1 Å². The molecule has 0 amide bonds. The number of hydrogen-bond acceptors (Lipinski definition) is 4. The Morgan fingerprint density at radius 1 is 1.50 bits per heavy atom. The maximum absolute atomic E-state index is 11.4. The SMILES string of the molecule is O=C(O)C1(NCc2nccs2)CCCCC1. The van der Waals surface area contributed by atoms with Gasteiger partial charge < -0.3 is 5.11 Å². The van der Waals surface area contributed by atoms with Crippen molar-refractivity contribution in [2.45, 2.75) is 44.2 Å². The Hall–Kier alpha value is -0.940. The molecule has 0 spiro atoms. The average Bonchev–Trinajstić information content (AvgIpc) is 2.80. The molecule has 0 radical (unpaired) electrons. The summed E-state index contributed by atoms with van der Waals surface area (Å²) >= 11 is 1.56. The van der Waals surface area contributed by atoms with Crippen molar-refractivity contribution in [1.29, 1.82) is 0 Å². The van der Waals surface area contributed by atoms with Crippen LogP contribution in [-0.4, -0.2) is 21.6 Å². The fourth-order valence-electron chi connectivity index (χ4n) is 2.21. The zero-order valence-electron chi connectivity index (χ0n) is 9.11. The molecule has 1 fully saturated rings. The van der Waals surface area contributed by atoms with Gasteiger partial charge in [0.2, 0.25) is 0 Å². The second-order valence-corrected chi connectivity index (χ2v) is 5.21. The highest BCUT2D eigenvalue weighted by molar-refractivity contribution is 7.09. The van der Waals surface area contributed by atoms with E-state index in [9.17, 15) is 9.90 Å². The first-order valence-corrected chi connectivity index (χ1v) is 6.48. The monoisotopic (exact) mass is 240 g/mol. The first-order chi connectivity index (χ1) is 7.73. The molecule has 1 aliphatic rings. The molecule has 0 bridgehead atoms. The van der Waals surface area contributed by atoms with Crippen LogP contribution in [0.25, 0.3) is 0 Å². The van der Waals surface area contributed by atoms with E-state index in [1.54, 1.807) is 17.5 Å². The van der Waals surface area contributed by atoms with Crippen LogP contribution in [0.15, 0.2) is 11.6 Å². The van der Waals surface area contributed by atoms with Crippen LogP contribution in [0.4, 0.5) is 0 Å². The fourth-order valence-corrected chi connectivity index (χ4v) is 2.76. The van der Waals surface area contributed by atoms with Crippen LogP contribution < -0.4 is 5.32 Å². The van der Waals surface area contributed by atoms with Crippen LogP contribution in [0, 0.1) is 0 Å². The van der Waals surface area contributed by atoms with Crippen LogP contribution >= 0.6 is 11.3 Å². The lowest BCUT2D eigenvalue weighted by Gasteiger charge is -2.33. The third-order valence-corrected chi connectivity index (χ3v) is 3.96. The topological polar surface area (TPSA) is 62.2 Å². The van der Waals surface area contributed by atoms with Crippen LogP contribution in [0.1, 0.15) is 37.1 Å². The molecule has 1 aliphatic carbocycles. The minimum atomic E-state index is -0.719. The van der Waals surface area contributed by atoms with Crippen molar-refractivity contribution < 1.29 is 9.90 Å². The van der Waals surface area contributed by atoms with Gasteiger partial charge in [0.25, 0.3) is 0 Å². The summed E-state index contributed by atoms with van der Waals surface area (Å²) in [5.74, 6) is -0.719. The molecule has 1 aromatic heterocycles. The van der Waals surface area contributed by atoms with Crippen molar-refractivity contribution >= 4 is 17.3 Å². The number of thiazole rings is 1. The molecule has 1 saturated carbocycles. The van der Waals surface area contributed by atoms with Crippen molar-refractivity contribution in [2.24, 2.45) is 0 Å². The minimum Gasteiger partial charge on any atom is -0.480 e. The Morgan fingerprint density at radius 2 is 2.25 bits per heavy atom. The smallest absolute Gasteiger partial charge is 0.323 e. The number of nitrogens with one attached hydrogen (secondary N) is 1. The van der Waals surface area contributed by atoms with Gasteiger partial charge in [-0.3, -0.25) is 10.1 Å². The summed E-state index contributed by atoms with van der Waals surface area (Å²) in [4.78, 5) is 15.5. The second kappa shape index (κ2) is 4.93. The normalized spacial score (nSPS) is 19.5. The molecule has 0 aromatic carbocycles. The summed E-state index contributed by atoms with van der Waals surface area (Å²) in [6.45, 7) is 0.559. The zero-order chi connectivity index (χ0) is 11.4. The van der Waals surface area contributed by atoms with Gasteiger partial charge in [-0.2, -0.15) is 0 Å². The summed E-state index contributed by atoms with van der Waals surface area (Å²) in [7, 11) is 0. The third-order valence-electron chi connectivity index (χ3n) is 3.18. The van der Waals surface area contributed by atoms with E-state index in [1.807, 2.05) is 5.38 Å². The van der Waals surface area contributed by atoms with Crippen LogP contribution in [0.5, 0.6) is 0 Å². The Kier molecular flexibility index (Phi) is 3.56. The molecule has 1 aromatic rings. The first kappa shape index (κ1) is 11.5. The standard InChI is InChI=1S/C11H16N2O2S/c14-10(15)11(4-2-1-3-5-11)13-8-9-12-6-7-16-9/h6-7,13H,1-5,8H2,(H,14,15). The van der Waals surface area contributed by atoms with E-state index in [1.165, 1.54) is 0 Å². The molecule has 16 heavy (non-hydrogen) atoms. The maximum Gasteiger partial charge on any atom is 0.323 e. The van der Waals surface area contributed by atoms with E-state index in [-0.39, 0.29) is 0 Å². The van der Waals surface area contributed by atoms with E-state index in [4.69, 9.17) is 0 Å². The number of carbonyl (C=O) groups is 1. The van der Waals surface area contributed by atoms with Crippen LogP contribution in [0.3, 0.4) is 0 Å². The van der Waals surface area contributed by atoms with Gasteiger partial charge in [0.05, 0.1) is 0 Å². The van der Waals surface area contributed by atoms with E-state index < -0.39 is 11.5 Å². The molecule has 88 valence electrons. The molecule has 2 rings (SSSR count).